The van der Waals surface area contributed by atoms with E-state index in [9.17, 15) is 32.0 Å². The molecule has 0 unspecified atom stereocenters. The summed E-state index contributed by atoms with van der Waals surface area (Å²) in [6, 6.07) is 2.99. The number of hydrogen-bond donors (Lipinski definition) is 0. The molecule has 0 N–H and O–H groups in total. The van der Waals surface area contributed by atoms with Crippen molar-refractivity contribution in [3.05, 3.63) is 51.2 Å². The van der Waals surface area contributed by atoms with Crippen LogP contribution in [0.1, 0.15) is 79.9 Å². The topological polar surface area (TPSA) is 159 Å². The predicted octanol–water partition coefficient (Wildman–Crippen LogP) is 3.35. The molecule has 1 amide bonds. The first-order valence-corrected chi connectivity index (χ1v) is 17.1. The van der Waals surface area contributed by atoms with Gasteiger partial charge >= 0.3 is 11.9 Å². The Bertz CT molecular complexity index is 1910. The molecule has 0 saturated carbocycles. The van der Waals surface area contributed by atoms with Crippen molar-refractivity contribution in [1.82, 2.24) is 19.2 Å². The summed E-state index contributed by atoms with van der Waals surface area (Å²) in [5, 5.41) is 4.42. The Morgan fingerprint density at radius 2 is 1.83 bits per heavy atom. The molecule has 16 heteroatoms. The summed E-state index contributed by atoms with van der Waals surface area (Å²) in [4.78, 5) is 54.0. The van der Waals surface area contributed by atoms with Gasteiger partial charge in [0.2, 0.25) is 10.0 Å². The van der Waals surface area contributed by atoms with Crippen molar-refractivity contribution >= 4 is 44.6 Å². The monoisotopic (exact) mass is 691 g/mol. The summed E-state index contributed by atoms with van der Waals surface area (Å²) in [6.07, 6.45) is 0.436. The molecule has 3 heterocycles. The highest BCUT2D eigenvalue weighted by molar-refractivity contribution is 7.92. The number of benzene rings is 1. The fourth-order valence-corrected chi connectivity index (χ4v) is 6.80. The van der Waals surface area contributed by atoms with E-state index in [1.807, 2.05) is 13.8 Å². The average Bonchev–Trinajstić information content (AvgIpc) is 3.39. The van der Waals surface area contributed by atoms with Gasteiger partial charge in [0, 0.05) is 26.2 Å². The van der Waals surface area contributed by atoms with Crippen LogP contribution in [0.25, 0.3) is 10.9 Å². The number of anilines is 1. The first-order chi connectivity index (χ1) is 22.5. The van der Waals surface area contributed by atoms with Crippen LogP contribution in [-0.4, -0.2) is 92.2 Å². The zero-order chi connectivity index (χ0) is 35.7. The van der Waals surface area contributed by atoms with Crippen molar-refractivity contribution in [2.24, 2.45) is 5.41 Å². The van der Waals surface area contributed by atoms with E-state index in [2.05, 4.69) is 5.10 Å². The Labute approximate surface area is 278 Å². The third-order valence-electron chi connectivity index (χ3n) is 8.19. The van der Waals surface area contributed by atoms with Gasteiger partial charge < -0.3 is 23.7 Å². The second-order valence-electron chi connectivity index (χ2n) is 12.6. The van der Waals surface area contributed by atoms with Gasteiger partial charge in [-0.1, -0.05) is 6.07 Å². The molecule has 0 aliphatic carbocycles. The molecular formula is C32H42FN5O9S. The van der Waals surface area contributed by atoms with Crippen LogP contribution in [0.4, 0.5) is 10.2 Å². The highest BCUT2D eigenvalue weighted by Gasteiger charge is 2.39. The molecule has 2 aromatic heterocycles. The molecule has 0 fully saturated rings. The minimum atomic E-state index is -4.10. The lowest BCUT2D eigenvalue weighted by Crippen LogP contribution is -2.42. The van der Waals surface area contributed by atoms with E-state index in [0.29, 0.717) is 13.1 Å². The number of esters is 2. The van der Waals surface area contributed by atoms with E-state index in [4.69, 9.17) is 14.2 Å². The standard InChI is InChI=1S/C32H42FN5O9S/c1-9-36-17-19(2)38-24-23(26(45-7)25(38)29(36)40)28(39)37(18-20-12-13-21(33)16-22(20)30(41)46-8)34-27(24)35(6)48(43,44)15-11-10-14-47-31(42)32(3,4)5/h12-13,16,19H,9-11,14-15,17-18H2,1-8H3/t19-/m0/s1. The van der Waals surface area contributed by atoms with Gasteiger partial charge in [-0.2, -0.15) is 0 Å². The quantitative estimate of drug-likeness (QED) is 0.204. The predicted molar refractivity (Wildman–Crippen MR) is 176 cm³/mol. The lowest BCUT2D eigenvalue weighted by atomic mass is 9.97. The van der Waals surface area contributed by atoms with E-state index < -0.39 is 50.7 Å². The third-order valence-corrected chi connectivity index (χ3v) is 10.0. The molecule has 0 radical (unpaired) electrons. The maximum atomic E-state index is 14.2. The minimum Gasteiger partial charge on any atom is -0.493 e. The molecule has 0 bridgehead atoms. The molecule has 3 aromatic rings. The Hall–Kier alpha value is -4.47. The maximum absolute atomic E-state index is 14.2. The minimum absolute atomic E-state index is 0.0406. The van der Waals surface area contributed by atoms with Gasteiger partial charge in [0.25, 0.3) is 11.5 Å². The van der Waals surface area contributed by atoms with Crippen LogP contribution in [0.5, 0.6) is 5.75 Å². The fourth-order valence-electron chi connectivity index (χ4n) is 5.57. The van der Waals surface area contributed by atoms with Gasteiger partial charge in [-0.05, 0) is 65.2 Å². The van der Waals surface area contributed by atoms with E-state index >= 15 is 0 Å². The van der Waals surface area contributed by atoms with Gasteiger partial charge in [-0.3, -0.25) is 18.7 Å². The molecular weight excluding hydrogens is 649 g/mol. The second kappa shape index (κ2) is 13.9. The number of likely N-dealkylation sites (N-methyl/N-ethyl adjacent to an activating group) is 1. The van der Waals surface area contributed by atoms with Crippen LogP contribution in [0.3, 0.4) is 0 Å². The molecule has 0 saturated heterocycles. The molecule has 262 valence electrons. The van der Waals surface area contributed by atoms with Crippen LogP contribution in [-0.2, 0) is 30.8 Å². The highest BCUT2D eigenvalue weighted by Crippen LogP contribution is 2.41. The zero-order valence-electron chi connectivity index (χ0n) is 28.5. The van der Waals surface area contributed by atoms with Crippen LogP contribution in [0, 0.1) is 11.2 Å². The first kappa shape index (κ1) is 36.4. The number of rotatable bonds is 12. The van der Waals surface area contributed by atoms with E-state index in [0.717, 1.165) is 28.2 Å². The number of halogens is 1. The largest absolute Gasteiger partial charge is 0.493 e. The van der Waals surface area contributed by atoms with Crippen LogP contribution < -0.4 is 14.6 Å². The summed E-state index contributed by atoms with van der Waals surface area (Å²) in [7, 11) is -0.358. The van der Waals surface area contributed by atoms with Crippen molar-refractivity contribution in [2.75, 3.05) is 51.0 Å². The number of aromatic nitrogens is 3. The van der Waals surface area contributed by atoms with Gasteiger partial charge in [0.05, 0.1) is 44.1 Å². The van der Waals surface area contributed by atoms with Crippen molar-refractivity contribution in [2.45, 2.75) is 60.0 Å². The normalized spacial score (nSPS) is 15.0. The summed E-state index contributed by atoms with van der Waals surface area (Å²) in [5.74, 6) is -2.88. The van der Waals surface area contributed by atoms with Crippen molar-refractivity contribution in [3.63, 3.8) is 0 Å². The number of unbranched alkanes of at least 4 members (excludes halogenated alkanes) is 1. The van der Waals surface area contributed by atoms with Crippen molar-refractivity contribution < 1.29 is 41.4 Å². The Morgan fingerprint density at radius 1 is 1.15 bits per heavy atom. The molecule has 48 heavy (non-hydrogen) atoms. The summed E-state index contributed by atoms with van der Waals surface area (Å²) < 4.78 is 60.9. The van der Waals surface area contributed by atoms with Crippen LogP contribution in [0.2, 0.25) is 0 Å². The number of ether oxygens (including phenoxy) is 3. The zero-order valence-corrected chi connectivity index (χ0v) is 29.3. The molecule has 14 nitrogen and oxygen atoms in total. The number of methoxy groups -OCH3 is 2. The van der Waals surface area contributed by atoms with Crippen LogP contribution >= 0.6 is 0 Å². The van der Waals surface area contributed by atoms with Gasteiger partial charge in [0.1, 0.15) is 16.7 Å². The Balaban J connectivity index is 1.87. The maximum Gasteiger partial charge on any atom is 0.338 e. The number of carbonyl (C=O) groups is 3. The number of nitrogens with zero attached hydrogens (tertiary/aromatic N) is 5. The van der Waals surface area contributed by atoms with Crippen LogP contribution in [0.15, 0.2) is 23.0 Å². The molecule has 1 aliphatic rings. The van der Waals surface area contributed by atoms with Gasteiger partial charge in [-0.15, -0.1) is 5.10 Å². The molecule has 1 aliphatic heterocycles. The Morgan fingerprint density at radius 3 is 2.44 bits per heavy atom. The number of sulfonamides is 1. The van der Waals surface area contributed by atoms with Crippen molar-refractivity contribution in [1.29, 1.82) is 0 Å². The van der Waals surface area contributed by atoms with Gasteiger partial charge in [0.15, 0.2) is 17.3 Å². The lowest BCUT2D eigenvalue weighted by Gasteiger charge is -2.33. The van der Waals surface area contributed by atoms with E-state index in [-0.39, 0.29) is 71.0 Å². The van der Waals surface area contributed by atoms with Gasteiger partial charge in [-0.25, -0.2) is 22.3 Å². The molecule has 1 aromatic carbocycles. The number of carbonyl (C=O) groups excluding carboxylic acids is 3. The lowest BCUT2D eigenvalue weighted by molar-refractivity contribution is -0.153. The fraction of sp³-hybridized carbons (Fsp3) is 0.531. The summed E-state index contributed by atoms with van der Waals surface area (Å²) >= 11 is 0. The third kappa shape index (κ3) is 6.89. The first-order valence-electron chi connectivity index (χ1n) is 15.5. The second-order valence-corrected chi connectivity index (χ2v) is 14.7. The number of fused-ring (bicyclic) bond motifs is 3. The average molecular weight is 692 g/mol. The summed E-state index contributed by atoms with van der Waals surface area (Å²) in [6.45, 7) is 9.17. The van der Waals surface area contributed by atoms with E-state index in [1.165, 1.54) is 20.2 Å². The smallest absolute Gasteiger partial charge is 0.338 e. The molecule has 4 rings (SSSR count). The number of amides is 1. The number of hydrogen-bond acceptors (Lipinski definition) is 10. The van der Waals surface area contributed by atoms with E-state index in [1.54, 1.807) is 30.2 Å². The Kier molecular flexibility index (Phi) is 10.6. The molecule has 0 spiro atoms. The summed E-state index contributed by atoms with van der Waals surface area (Å²) in [5.41, 5.74) is -1.20. The highest BCUT2D eigenvalue weighted by atomic mass is 32.2. The SMILES string of the molecule is CCN1C[C@H](C)n2c(c(OC)c3c(=O)n(Cc4ccc(F)cc4C(=O)OC)nc(N(C)S(=O)(=O)CCCCOC(=O)C(C)(C)C)c32)C1=O. The molecule has 1 atom stereocenters. The van der Waals surface area contributed by atoms with Crippen molar-refractivity contribution in [3.8, 4) is 5.75 Å².